The number of aliphatic hydroxyl groups is 1. The summed E-state index contributed by atoms with van der Waals surface area (Å²) >= 11 is 0. The van der Waals surface area contributed by atoms with Crippen molar-refractivity contribution in [2.45, 2.75) is 32.2 Å². The Hall–Kier alpha value is -4.33. The number of hydrogen-bond donors (Lipinski definition) is 3. The van der Waals surface area contributed by atoms with Gasteiger partial charge in [-0.15, -0.1) is 0 Å². The zero-order valence-electron chi connectivity index (χ0n) is 20.7. The molecule has 0 radical (unpaired) electrons. The highest BCUT2D eigenvalue weighted by Crippen LogP contribution is 2.28. The van der Waals surface area contributed by atoms with Crippen LogP contribution in [0.2, 0.25) is 0 Å². The molecule has 0 saturated heterocycles. The number of amides is 1. The highest BCUT2D eigenvalue weighted by Gasteiger charge is 2.27. The predicted molar refractivity (Wildman–Crippen MR) is 137 cm³/mol. The molecule has 10 heteroatoms. The number of hydrogen-bond acceptors (Lipinski definition) is 7. The Morgan fingerprint density at radius 1 is 1.22 bits per heavy atom. The Kier molecular flexibility index (Phi) is 7.47. The van der Waals surface area contributed by atoms with Crippen LogP contribution in [0.25, 0.3) is 16.9 Å². The van der Waals surface area contributed by atoms with Crippen LogP contribution in [-0.2, 0) is 11.3 Å². The van der Waals surface area contributed by atoms with E-state index >= 15 is 0 Å². The lowest BCUT2D eigenvalue weighted by molar-refractivity contribution is -0.00177. The second kappa shape index (κ2) is 10.7. The topological polar surface area (TPSA) is 125 Å². The summed E-state index contributed by atoms with van der Waals surface area (Å²) in [5.41, 5.74) is 3.14. The molecule has 0 unspecified atom stereocenters. The number of aromatic nitrogens is 3. The van der Waals surface area contributed by atoms with Crippen molar-refractivity contribution in [2.75, 3.05) is 19.0 Å². The second-order valence-electron chi connectivity index (χ2n) is 9.11. The van der Waals surface area contributed by atoms with Crippen LogP contribution in [0.4, 0.5) is 15.8 Å². The fourth-order valence-electron chi connectivity index (χ4n) is 3.67. The number of carbonyl (C=O) groups is 1. The maximum absolute atomic E-state index is 14.3. The fourth-order valence-corrected chi connectivity index (χ4v) is 3.67. The second-order valence-corrected chi connectivity index (χ2v) is 9.11. The van der Waals surface area contributed by atoms with E-state index in [1.54, 1.807) is 23.8 Å². The quantitative estimate of drug-likeness (QED) is 0.316. The molecule has 0 fully saturated rings. The summed E-state index contributed by atoms with van der Waals surface area (Å²) in [6.45, 7) is 2.80. The number of nitriles is 1. The van der Waals surface area contributed by atoms with E-state index < -0.39 is 17.7 Å². The van der Waals surface area contributed by atoms with Crippen molar-refractivity contribution in [2.24, 2.45) is 0 Å². The molecule has 4 rings (SSSR count). The molecule has 190 valence electrons. The first-order valence-electron chi connectivity index (χ1n) is 11.6. The molecule has 0 spiro atoms. The summed E-state index contributed by atoms with van der Waals surface area (Å²) in [5, 5.41) is 29.1. The summed E-state index contributed by atoms with van der Waals surface area (Å²) in [6.07, 6.45) is 1.23. The molecule has 0 aliphatic carbocycles. The largest absolute Gasteiger partial charge is 0.387 e. The van der Waals surface area contributed by atoms with Crippen LogP contribution < -0.4 is 10.6 Å². The van der Waals surface area contributed by atoms with Gasteiger partial charge in [-0.2, -0.15) is 10.4 Å². The normalized spacial score (nSPS) is 12.2. The summed E-state index contributed by atoms with van der Waals surface area (Å²) in [7, 11) is 1.62. The number of nitrogens with zero attached hydrogens (tertiary/aromatic N) is 4. The van der Waals surface area contributed by atoms with Gasteiger partial charge in [0, 0.05) is 19.0 Å². The highest BCUT2D eigenvalue weighted by molar-refractivity contribution is 6.00. The third-order valence-electron chi connectivity index (χ3n) is 5.79. The zero-order valence-corrected chi connectivity index (χ0v) is 20.7. The first-order valence-corrected chi connectivity index (χ1v) is 11.6. The van der Waals surface area contributed by atoms with Gasteiger partial charge >= 0.3 is 0 Å². The van der Waals surface area contributed by atoms with Gasteiger partial charge in [-0.1, -0.05) is 12.1 Å². The van der Waals surface area contributed by atoms with Crippen molar-refractivity contribution in [1.82, 2.24) is 19.9 Å². The Morgan fingerprint density at radius 3 is 2.65 bits per heavy atom. The summed E-state index contributed by atoms with van der Waals surface area (Å²) < 4.78 is 21.1. The Morgan fingerprint density at radius 2 is 1.97 bits per heavy atom. The van der Waals surface area contributed by atoms with Crippen LogP contribution in [0.1, 0.15) is 35.3 Å². The van der Waals surface area contributed by atoms with Crippen molar-refractivity contribution >= 4 is 22.8 Å². The van der Waals surface area contributed by atoms with E-state index in [9.17, 15) is 14.3 Å². The molecule has 0 saturated carbocycles. The maximum atomic E-state index is 14.3. The minimum absolute atomic E-state index is 0.202. The number of nitrogens with one attached hydrogen (secondary N) is 2. The Balaban J connectivity index is 1.69. The molecule has 37 heavy (non-hydrogen) atoms. The Bertz CT molecular complexity index is 1450. The molecule has 1 aromatic carbocycles. The lowest BCUT2D eigenvalue weighted by Crippen LogP contribution is -2.42. The Labute approximate surface area is 213 Å². The van der Waals surface area contributed by atoms with Gasteiger partial charge in [0.2, 0.25) is 0 Å². The third kappa shape index (κ3) is 5.91. The van der Waals surface area contributed by atoms with Crippen molar-refractivity contribution in [3.05, 3.63) is 77.6 Å². The molecule has 3 heterocycles. The van der Waals surface area contributed by atoms with Gasteiger partial charge in [0.25, 0.3) is 5.91 Å². The summed E-state index contributed by atoms with van der Waals surface area (Å²) in [5.74, 6) is -0.541. The van der Waals surface area contributed by atoms with Crippen LogP contribution >= 0.6 is 0 Å². The number of anilines is 2. The standard InChI is InChI=1S/C27H27FN6O3/c1-27(2,36)25(28)15-31-26(35)21-14-30-23(24-9-8-20-10-18(12-29)13-32-34(20)24)11-22(21)33-19-6-4-17(5-7-19)16-37-3/h4-11,13-14,25,36H,15-16H2,1-3H3,(H,30,33)(H,31,35)/t25-/m1/s1. The minimum Gasteiger partial charge on any atom is -0.387 e. The first kappa shape index (κ1) is 25.8. The van der Waals surface area contributed by atoms with E-state index in [4.69, 9.17) is 10.00 Å². The minimum atomic E-state index is -1.65. The number of fused-ring (bicyclic) bond motifs is 1. The predicted octanol–water partition coefficient (Wildman–Crippen LogP) is 4.00. The zero-order chi connectivity index (χ0) is 26.6. The summed E-state index contributed by atoms with van der Waals surface area (Å²) in [6, 6.07) is 16.7. The molecule has 9 nitrogen and oxygen atoms in total. The molecule has 3 aromatic heterocycles. The number of alkyl halides is 1. The maximum Gasteiger partial charge on any atom is 0.255 e. The average Bonchev–Trinajstić information content (AvgIpc) is 3.31. The summed E-state index contributed by atoms with van der Waals surface area (Å²) in [4.78, 5) is 17.5. The van der Waals surface area contributed by atoms with Crippen molar-refractivity contribution in [3.63, 3.8) is 0 Å². The van der Waals surface area contributed by atoms with Crippen LogP contribution in [0, 0.1) is 11.3 Å². The van der Waals surface area contributed by atoms with Crippen LogP contribution in [0.15, 0.2) is 60.9 Å². The van der Waals surface area contributed by atoms with Crippen LogP contribution in [-0.4, -0.2) is 51.0 Å². The number of pyridine rings is 1. The van der Waals surface area contributed by atoms with E-state index in [1.807, 2.05) is 36.4 Å². The number of carbonyl (C=O) groups excluding carboxylic acids is 1. The molecule has 0 bridgehead atoms. The SMILES string of the molecule is COCc1ccc(Nc2cc(-c3ccc4cc(C#N)cnn34)ncc2C(=O)NC[C@@H](F)C(C)(C)O)cc1. The molecular weight excluding hydrogens is 475 g/mol. The van der Waals surface area contributed by atoms with Gasteiger partial charge in [0.05, 0.1) is 58.7 Å². The van der Waals surface area contributed by atoms with Gasteiger partial charge in [-0.3, -0.25) is 9.78 Å². The number of rotatable bonds is 9. The third-order valence-corrected chi connectivity index (χ3v) is 5.79. The van der Waals surface area contributed by atoms with Crippen molar-refractivity contribution in [1.29, 1.82) is 5.26 Å². The molecule has 1 amide bonds. The number of benzene rings is 1. The lowest BCUT2D eigenvalue weighted by Gasteiger charge is -2.22. The van der Waals surface area contributed by atoms with Crippen LogP contribution in [0.3, 0.4) is 0 Å². The van der Waals surface area contributed by atoms with Gasteiger partial charge in [0.15, 0.2) is 0 Å². The smallest absolute Gasteiger partial charge is 0.255 e. The molecule has 0 aliphatic heterocycles. The average molecular weight is 503 g/mol. The highest BCUT2D eigenvalue weighted by atomic mass is 19.1. The van der Waals surface area contributed by atoms with E-state index in [-0.39, 0.29) is 12.1 Å². The monoisotopic (exact) mass is 502 g/mol. The van der Waals surface area contributed by atoms with E-state index in [0.29, 0.717) is 29.2 Å². The van der Waals surface area contributed by atoms with E-state index in [0.717, 1.165) is 16.8 Å². The molecule has 0 aliphatic rings. The number of methoxy groups -OCH3 is 1. The van der Waals surface area contributed by atoms with Crippen LogP contribution in [0.5, 0.6) is 0 Å². The molecule has 3 N–H and O–H groups in total. The molecular formula is C27H27FN6O3. The van der Waals surface area contributed by atoms with Crippen molar-refractivity contribution in [3.8, 4) is 17.5 Å². The number of ether oxygens (including phenoxy) is 1. The van der Waals surface area contributed by atoms with Gasteiger partial charge in [-0.05, 0) is 55.8 Å². The fraction of sp³-hybridized carbons (Fsp3) is 0.259. The van der Waals surface area contributed by atoms with E-state index in [2.05, 4.69) is 26.8 Å². The molecule has 4 aromatic rings. The number of halogens is 1. The van der Waals surface area contributed by atoms with Crippen molar-refractivity contribution < 1.29 is 19.0 Å². The van der Waals surface area contributed by atoms with E-state index in [1.165, 1.54) is 26.2 Å². The van der Waals surface area contributed by atoms with Gasteiger partial charge < -0.3 is 20.5 Å². The van der Waals surface area contributed by atoms with Gasteiger partial charge in [-0.25, -0.2) is 8.91 Å². The van der Waals surface area contributed by atoms with Gasteiger partial charge in [0.1, 0.15) is 12.2 Å². The lowest BCUT2D eigenvalue weighted by atomic mass is 10.0. The molecule has 1 atom stereocenters. The first-order chi connectivity index (χ1) is 17.7.